The second-order valence-corrected chi connectivity index (χ2v) is 6.43. The molecule has 0 aliphatic carbocycles. The number of piperidine rings is 1. The molecule has 3 rings (SSSR count). The summed E-state index contributed by atoms with van der Waals surface area (Å²) in [7, 11) is 1.79. The van der Waals surface area contributed by atoms with Gasteiger partial charge in [0.25, 0.3) is 5.91 Å². The number of amides is 1. The molecule has 5 nitrogen and oxygen atoms in total. The lowest BCUT2D eigenvalue weighted by Crippen LogP contribution is -2.42. The van der Waals surface area contributed by atoms with Crippen LogP contribution in [0, 0.1) is 11.3 Å². The molecule has 1 N–H and O–H groups in total. The summed E-state index contributed by atoms with van der Waals surface area (Å²) in [5, 5.41) is 13.1. The van der Waals surface area contributed by atoms with Gasteiger partial charge in [-0.15, -0.1) is 0 Å². The summed E-state index contributed by atoms with van der Waals surface area (Å²) in [5.41, 5.74) is 2.00. The molecule has 0 atom stereocenters. The van der Waals surface area contributed by atoms with E-state index in [0.29, 0.717) is 35.4 Å². The van der Waals surface area contributed by atoms with Crippen LogP contribution in [0.3, 0.4) is 0 Å². The molecule has 1 amide bonds. The average molecular weight is 343 g/mol. The lowest BCUT2D eigenvalue weighted by molar-refractivity contribution is 0.0709. The highest BCUT2D eigenvalue weighted by molar-refractivity contribution is 6.33. The number of nitrogens with zero attached hydrogens (tertiary/aromatic N) is 3. The molecule has 1 aromatic carbocycles. The average Bonchev–Trinajstić information content (AvgIpc) is 2.98. The molecule has 0 bridgehead atoms. The van der Waals surface area contributed by atoms with Gasteiger partial charge in [-0.2, -0.15) is 5.26 Å². The molecule has 1 saturated heterocycles. The van der Waals surface area contributed by atoms with E-state index in [2.05, 4.69) is 11.4 Å². The number of para-hydroxylation sites is 1. The van der Waals surface area contributed by atoms with Crippen molar-refractivity contribution >= 4 is 23.2 Å². The lowest BCUT2D eigenvalue weighted by Gasteiger charge is -2.33. The number of likely N-dealkylation sites (tertiary alicyclic amines) is 1. The van der Waals surface area contributed by atoms with Gasteiger partial charge in [0.15, 0.2) is 0 Å². The minimum atomic E-state index is -0.0183. The maximum absolute atomic E-state index is 12.6. The number of carbonyl (C=O) groups is 1. The van der Waals surface area contributed by atoms with Crippen LogP contribution in [0.5, 0.6) is 0 Å². The van der Waals surface area contributed by atoms with Crippen molar-refractivity contribution in [3.05, 3.63) is 52.8 Å². The highest BCUT2D eigenvalue weighted by atomic mass is 35.5. The van der Waals surface area contributed by atoms with Crippen molar-refractivity contribution < 1.29 is 4.79 Å². The van der Waals surface area contributed by atoms with Gasteiger partial charge in [-0.1, -0.05) is 23.7 Å². The fraction of sp³-hybridized carbons (Fsp3) is 0.333. The van der Waals surface area contributed by atoms with Crippen LogP contribution in [0.25, 0.3) is 0 Å². The Morgan fingerprint density at radius 2 is 2.04 bits per heavy atom. The minimum Gasteiger partial charge on any atom is -0.381 e. The highest BCUT2D eigenvalue weighted by Crippen LogP contribution is 2.24. The van der Waals surface area contributed by atoms with E-state index in [-0.39, 0.29) is 5.91 Å². The monoisotopic (exact) mass is 342 g/mol. The van der Waals surface area contributed by atoms with Gasteiger partial charge in [0.05, 0.1) is 16.3 Å². The number of hydrogen-bond acceptors (Lipinski definition) is 3. The molecule has 6 heteroatoms. The molecule has 1 aromatic heterocycles. The van der Waals surface area contributed by atoms with Crippen LogP contribution in [-0.2, 0) is 7.05 Å². The summed E-state index contributed by atoms with van der Waals surface area (Å²) in [6, 6.07) is 11.7. The molecule has 1 aliphatic heterocycles. The van der Waals surface area contributed by atoms with E-state index >= 15 is 0 Å². The number of nitriles is 1. The number of aryl methyl sites for hydroxylation is 1. The quantitative estimate of drug-likeness (QED) is 0.931. The first kappa shape index (κ1) is 16.4. The second kappa shape index (κ2) is 6.98. The predicted octanol–water partition coefficient (Wildman–Crippen LogP) is 3.27. The molecule has 124 valence electrons. The molecule has 0 spiro atoms. The second-order valence-electron chi connectivity index (χ2n) is 6.03. The zero-order valence-electron chi connectivity index (χ0n) is 13.5. The van der Waals surface area contributed by atoms with Crippen LogP contribution in [0.1, 0.15) is 28.9 Å². The van der Waals surface area contributed by atoms with Crippen LogP contribution in [0.2, 0.25) is 5.02 Å². The standard InChI is InChI=1S/C18H19ClN4O/c1-22-12-13(11-20)10-17(22)18(24)23-8-6-14(7-9-23)21-16-5-3-2-4-15(16)19/h2-5,10,12,14,21H,6-9H2,1H3. The predicted molar refractivity (Wildman–Crippen MR) is 94.1 cm³/mol. The first-order valence-electron chi connectivity index (χ1n) is 7.95. The van der Waals surface area contributed by atoms with Gasteiger partial charge in [0, 0.05) is 32.4 Å². The molecule has 0 saturated carbocycles. The van der Waals surface area contributed by atoms with Crippen molar-refractivity contribution in [2.75, 3.05) is 18.4 Å². The molecule has 1 aliphatic rings. The smallest absolute Gasteiger partial charge is 0.270 e. The number of benzene rings is 1. The van der Waals surface area contributed by atoms with Crippen LogP contribution in [-0.4, -0.2) is 34.5 Å². The Bertz CT molecular complexity index is 785. The Morgan fingerprint density at radius 1 is 1.33 bits per heavy atom. The van der Waals surface area contributed by atoms with E-state index in [4.69, 9.17) is 16.9 Å². The van der Waals surface area contributed by atoms with E-state index < -0.39 is 0 Å². The van der Waals surface area contributed by atoms with Gasteiger partial charge in [-0.05, 0) is 31.0 Å². The first-order chi connectivity index (χ1) is 11.6. The Morgan fingerprint density at radius 3 is 2.67 bits per heavy atom. The third kappa shape index (κ3) is 3.39. The van der Waals surface area contributed by atoms with Crippen molar-refractivity contribution in [1.82, 2.24) is 9.47 Å². The van der Waals surface area contributed by atoms with Crippen molar-refractivity contribution in [2.24, 2.45) is 7.05 Å². The topological polar surface area (TPSA) is 61.1 Å². The van der Waals surface area contributed by atoms with Crippen molar-refractivity contribution in [3.63, 3.8) is 0 Å². The number of carbonyl (C=O) groups excluding carboxylic acids is 1. The summed E-state index contributed by atoms with van der Waals surface area (Å²) in [5.74, 6) is -0.0183. The van der Waals surface area contributed by atoms with E-state index in [9.17, 15) is 4.79 Å². The summed E-state index contributed by atoms with van der Waals surface area (Å²) in [6.07, 6.45) is 3.41. The van der Waals surface area contributed by atoms with Crippen LogP contribution < -0.4 is 5.32 Å². The third-order valence-electron chi connectivity index (χ3n) is 4.37. The van der Waals surface area contributed by atoms with E-state index in [1.807, 2.05) is 29.2 Å². The molecule has 2 aromatic rings. The fourth-order valence-electron chi connectivity index (χ4n) is 3.03. The summed E-state index contributed by atoms with van der Waals surface area (Å²) >= 11 is 6.18. The molecular formula is C18H19ClN4O. The zero-order chi connectivity index (χ0) is 17.1. The highest BCUT2D eigenvalue weighted by Gasteiger charge is 2.25. The molecular weight excluding hydrogens is 324 g/mol. The lowest BCUT2D eigenvalue weighted by atomic mass is 10.0. The molecule has 0 unspecified atom stereocenters. The number of nitrogens with one attached hydrogen (secondary N) is 1. The van der Waals surface area contributed by atoms with E-state index in [1.165, 1.54) is 0 Å². The Labute approximate surface area is 146 Å². The number of anilines is 1. The largest absolute Gasteiger partial charge is 0.381 e. The minimum absolute atomic E-state index is 0.0183. The summed E-state index contributed by atoms with van der Waals surface area (Å²) < 4.78 is 1.72. The van der Waals surface area contributed by atoms with Gasteiger partial charge in [-0.3, -0.25) is 4.79 Å². The van der Waals surface area contributed by atoms with Crippen molar-refractivity contribution in [3.8, 4) is 6.07 Å². The van der Waals surface area contributed by atoms with E-state index in [1.54, 1.807) is 23.9 Å². The number of hydrogen-bond donors (Lipinski definition) is 1. The Balaban J connectivity index is 1.60. The normalized spacial score (nSPS) is 15.1. The van der Waals surface area contributed by atoms with Gasteiger partial charge >= 0.3 is 0 Å². The van der Waals surface area contributed by atoms with Crippen LogP contribution in [0.15, 0.2) is 36.5 Å². The fourth-order valence-corrected chi connectivity index (χ4v) is 3.22. The van der Waals surface area contributed by atoms with Gasteiger partial charge in [-0.25, -0.2) is 0 Å². The maximum Gasteiger partial charge on any atom is 0.270 e. The molecule has 2 heterocycles. The maximum atomic E-state index is 12.6. The Kier molecular flexibility index (Phi) is 4.77. The number of aromatic nitrogens is 1. The Hall–Kier alpha value is -2.45. The SMILES string of the molecule is Cn1cc(C#N)cc1C(=O)N1CCC(Nc2ccccc2Cl)CC1. The number of halogens is 1. The summed E-state index contributed by atoms with van der Waals surface area (Å²) in [4.78, 5) is 14.5. The van der Waals surface area contributed by atoms with Gasteiger partial charge in [0.2, 0.25) is 0 Å². The van der Waals surface area contributed by atoms with Gasteiger partial charge < -0.3 is 14.8 Å². The van der Waals surface area contributed by atoms with Gasteiger partial charge in [0.1, 0.15) is 11.8 Å². The molecule has 0 radical (unpaired) electrons. The zero-order valence-corrected chi connectivity index (χ0v) is 14.3. The number of rotatable bonds is 3. The third-order valence-corrected chi connectivity index (χ3v) is 4.70. The van der Waals surface area contributed by atoms with Crippen LogP contribution >= 0.6 is 11.6 Å². The van der Waals surface area contributed by atoms with E-state index in [0.717, 1.165) is 18.5 Å². The van der Waals surface area contributed by atoms with Crippen molar-refractivity contribution in [1.29, 1.82) is 5.26 Å². The molecule has 24 heavy (non-hydrogen) atoms. The summed E-state index contributed by atoms with van der Waals surface area (Å²) in [6.45, 7) is 1.38. The van der Waals surface area contributed by atoms with Crippen LogP contribution in [0.4, 0.5) is 5.69 Å². The first-order valence-corrected chi connectivity index (χ1v) is 8.33. The van der Waals surface area contributed by atoms with Crippen molar-refractivity contribution in [2.45, 2.75) is 18.9 Å². The molecule has 1 fully saturated rings.